The molecular weight excluding hydrogens is 242 g/mol. The summed E-state index contributed by atoms with van der Waals surface area (Å²) >= 11 is 0. The molecule has 0 aliphatic carbocycles. The Labute approximate surface area is 104 Å². The van der Waals surface area contributed by atoms with E-state index in [1.165, 1.54) is 4.31 Å². The summed E-state index contributed by atoms with van der Waals surface area (Å²) in [5.74, 6) is 0.0911. The van der Waals surface area contributed by atoms with E-state index in [4.69, 9.17) is 4.74 Å². The van der Waals surface area contributed by atoms with Crippen molar-refractivity contribution >= 4 is 10.0 Å². The van der Waals surface area contributed by atoms with Gasteiger partial charge in [-0.3, -0.25) is 0 Å². The van der Waals surface area contributed by atoms with Gasteiger partial charge >= 0.3 is 0 Å². The van der Waals surface area contributed by atoms with Crippen molar-refractivity contribution in [2.75, 3.05) is 25.4 Å². The molecule has 17 heavy (non-hydrogen) atoms. The molecule has 0 aromatic carbocycles. The third kappa shape index (κ3) is 4.54. The molecule has 0 bridgehead atoms. The van der Waals surface area contributed by atoms with Gasteiger partial charge in [0.15, 0.2) is 0 Å². The van der Waals surface area contributed by atoms with E-state index in [1.54, 1.807) is 6.92 Å². The number of sulfonamides is 1. The summed E-state index contributed by atoms with van der Waals surface area (Å²) in [5.41, 5.74) is 0. The molecular formula is C11H23NO4S. The molecule has 102 valence electrons. The first-order valence-corrected chi connectivity index (χ1v) is 7.71. The van der Waals surface area contributed by atoms with Crippen LogP contribution in [0.5, 0.6) is 0 Å². The zero-order chi connectivity index (χ0) is 13.1. The molecule has 1 saturated heterocycles. The molecule has 0 spiro atoms. The van der Waals surface area contributed by atoms with Gasteiger partial charge in [0.05, 0.1) is 24.6 Å². The van der Waals surface area contributed by atoms with Crippen LogP contribution >= 0.6 is 0 Å². The molecule has 2 atom stereocenters. The second kappa shape index (κ2) is 6.13. The van der Waals surface area contributed by atoms with Crippen molar-refractivity contribution in [1.82, 2.24) is 4.31 Å². The molecule has 5 nitrogen and oxygen atoms in total. The van der Waals surface area contributed by atoms with Crippen LogP contribution in [-0.4, -0.2) is 55.5 Å². The Balaban J connectivity index is 2.44. The van der Waals surface area contributed by atoms with Crippen molar-refractivity contribution in [2.24, 2.45) is 5.92 Å². The number of hydrogen-bond acceptors (Lipinski definition) is 4. The van der Waals surface area contributed by atoms with Crippen LogP contribution in [0.1, 0.15) is 27.2 Å². The average Bonchev–Trinajstić information content (AvgIpc) is 2.65. The standard InChI is InChI=1S/C11H23NO4S/c1-9(2)16-6-7-17(14,15)12-5-4-11(8-12)10(3)13/h9-11,13H,4-8H2,1-3H3. The summed E-state index contributed by atoms with van der Waals surface area (Å²) in [4.78, 5) is 0. The van der Waals surface area contributed by atoms with Gasteiger partial charge in [0.2, 0.25) is 10.0 Å². The third-order valence-electron chi connectivity index (χ3n) is 3.06. The summed E-state index contributed by atoms with van der Waals surface area (Å²) in [6.45, 7) is 6.65. The molecule has 1 rings (SSSR count). The van der Waals surface area contributed by atoms with Crippen molar-refractivity contribution in [3.63, 3.8) is 0 Å². The summed E-state index contributed by atoms with van der Waals surface area (Å²) in [6, 6.07) is 0. The maximum Gasteiger partial charge on any atom is 0.216 e. The normalized spacial score (nSPS) is 24.4. The fourth-order valence-corrected chi connectivity index (χ4v) is 3.29. The zero-order valence-electron chi connectivity index (χ0n) is 10.8. The van der Waals surface area contributed by atoms with Crippen molar-refractivity contribution in [2.45, 2.75) is 39.4 Å². The average molecular weight is 265 g/mol. The fraction of sp³-hybridized carbons (Fsp3) is 1.00. The lowest BCUT2D eigenvalue weighted by Crippen LogP contribution is -2.34. The minimum atomic E-state index is -3.22. The van der Waals surface area contributed by atoms with E-state index in [-0.39, 0.29) is 24.4 Å². The van der Waals surface area contributed by atoms with Crippen LogP contribution in [0.25, 0.3) is 0 Å². The Morgan fingerprint density at radius 2 is 2.06 bits per heavy atom. The van der Waals surface area contributed by atoms with Crippen molar-refractivity contribution in [3.8, 4) is 0 Å². The van der Waals surface area contributed by atoms with Gasteiger partial charge < -0.3 is 9.84 Å². The van der Waals surface area contributed by atoms with Crippen molar-refractivity contribution in [3.05, 3.63) is 0 Å². The Morgan fingerprint density at radius 3 is 2.53 bits per heavy atom. The highest BCUT2D eigenvalue weighted by Crippen LogP contribution is 2.22. The second-order valence-corrected chi connectivity index (χ2v) is 6.97. The monoisotopic (exact) mass is 265 g/mol. The molecule has 0 saturated carbocycles. The maximum atomic E-state index is 11.9. The SMILES string of the molecule is CC(C)OCCS(=O)(=O)N1CCC(C(C)O)C1. The van der Waals surface area contributed by atoms with Crippen LogP contribution in [0.4, 0.5) is 0 Å². The van der Waals surface area contributed by atoms with Gasteiger partial charge in [-0.2, -0.15) is 0 Å². The lowest BCUT2D eigenvalue weighted by molar-refractivity contribution is 0.0907. The molecule has 1 N–H and O–H groups in total. The first-order chi connectivity index (χ1) is 7.83. The molecule has 1 aliphatic rings. The second-order valence-electron chi connectivity index (χ2n) is 4.88. The van der Waals surface area contributed by atoms with E-state index < -0.39 is 16.1 Å². The van der Waals surface area contributed by atoms with Gasteiger partial charge in [-0.15, -0.1) is 0 Å². The van der Waals surface area contributed by atoms with Crippen LogP contribution in [-0.2, 0) is 14.8 Å². The number of aliphatic hydroxyl groups excluding tert-OH is 1. The molecule has 0 aromatic rings. The van der Waals surface area contributed by atoms with Crippen LogP contribution < -0.4 is 0 Å². The molecule has 1 fully saturated rings. The zero-order valence-corrected chi connectivity index (χ0v) is 11.6. The number of aliphatic hydroxyl groups is 1. The first-order valence-electron chi connectivity index (χ1n) is 6.10. The highest BCUT2D eigenvalue weighted by Gasteiger charge is 2.33. The molecule has 2 unspecified atom stereocenters. The van der Waals surface area contributed by atoms with Gasteiger partial charge in [-0.05, 0) is 33.1 Å². The van der Waals surface area contributed by atoms with E-state index >= 15 is 0 Å². The van der Waals surface area contributed by atoms with Gasteiger partial charge in [0, 0.05) is 13.1 Å². The minimum Gasteiger partial charge on any atom is -0.393 e. The van der Waals surface area contributed by atoms with Crippen LogP contribution in [0.15, 0.2) is 0 Å². The molecule has 6 heteroatoms. The van der Waals surface area contributed by atoms with Gasteiger partial charge in [0.1, 0.15) is 0 Å². The minimum absolute atomic E-state index is 0.0255. The predicted molar refractivity (Wildman–Crippen MR) is 66.2 cm³/mol. The Hall–Kier alpha value is -0.170. The van der Waals surface area contributed by atoms with E-state index in [0.717, 1.165) is 6.42 Å². The van der Waals surface area contributed by atoms with Crippen molar-refractivity contribution in [1.29, 1.82) is 0 Å². The van der Waals surface area contributed by atoms with Gasteiger partial charge in [0.25, 0.3) is 0 Å². The van der Waals surface area contributed by atoms with Gasteiger partial charge in [-0.25, -0.2) is 12.7 Å². The quantitative estimate of drug-likeness (QED) is 0.757. The Morgan fingerprint density at radius 1 is 1.41 bits per heavy atom. The van der Waals surface area contributed by atoms with E-state index in [1.807, 2.05) is 13.8 Å². The third-order valence-corrected chi connectivity index (χ3v) is 4.86. The molecule has 1 heterocycles. The van der Waals surface area contributed by atoms with Crippen LogP contribution in [0.2, 0.25) is 0 Å². The van der Waals surface area contributed by atoms with E-state index in [2.05, 4.69) is 0 Å². The predicted octanol–water partition coefficient (Wildman–Crippen LogP) is 0.444. The summed E-state index contributed by atoms with van der Waals surface area (Å²) < 4.78 is 30.6. The highest BCUT2D eigenvalue weighted by molar-refractivity contribution is 7.89. The fourth-order valence-electron chi connectivity index (χ4n) is 1.92. The lowest BCUT2D eigenvalue weighted by Gasteiger charge is -2.18. The summed E-state index contributed by atoms with van der Waals surface area (Å²) in [5, 5.41) is 9.44. The Kier molecular flexibility index (Phi) is 5.37. The summed E-state index contributed by atoms with van der Waals surface area (Å²) in [6.07, 6.45) is 0.346. The molecule has 0 aromatic heterocycles. The largest absolute Gasteiger partial charge is 0.393 e. The van der Waals surface area contributed by atoms with Crippen LogP contribution in [0.3, 0.4) is 0 Å². The summed E-state index contributed by atoms with van der Waals surface area (Å²) in [7, 11) is -3.22. The Bertz CT molecular complexity index is 326. The van der Waals surface area contributed by atoms with Crippen molar-refractivity contribution < 1.29 is 18.3 Å². The number of rotatable bonds is 6. The molecule has 0 amide bonds. The molecule has 0 radical (unpaired) electrons. The maximum absolute atomic E-state index is 11.9. The number of hydrogen-bond donors (Lipinski definition) is 1. The first kappa shape index (κ1) is 14.9. The number of ether oxygens (including phenoxy) is 1. The van der Waals surface area contributed by atoms with E-state index in [0.29, 0.717) is 13.1 Å². The number of nitrogens with zero attached hydrogens (tertiary/aromatic N) is 1. The van der Waals surface area contributed by atoms with Gasteiger partial charge in [-0.1, -0.05) is 0 Å². The smallest absolute Gasteiger partial charge is 0.216 e. The lowest BCUT2D eigenvalue weighted by atomic mass is 10.0. The van der Waals surface area contributed by atoms with E-state index in [9.17, 15) is 13.5 Å². The van der Waals surface area contributed by atoms with Crippen LogP contribution in [0, 0.1) is 5.92 Å². The highest BCUT2D eigenvalue weighted by atomic mass is 32.2. The topological polar surface area (TPSA) is 66.8 Å². The molecule has 1 aliphatic heterocycles.